The van der Waals surface area contributed by atoms with E-state index in [9.17, 15) is 0 Å². The summed E-state index contributed by atoms with van der Waals surface area (Å²) in [4.78, 5) is 0. The topological polar surface area (TPSA) is 0 Å². The van der Waals surface area contributed by atoms with Crippen molar-refractivity contribution in [1.29, 1.82) is 0 Å². The predicted octanol–water partition coefficient (Wildman–Crippen LogP) is 4.01. The lowest BCUT2D eigenvalue weighted by Gasteiger charge is -2.14. The summed E-state index contributed by atoms with van der Waals surface area (Å²) < 4.78 is 0. The second-order valence-electron chi connectivity index (χ2n) is 3.58. The SMILES string of the molecule is C=CC([CH]C(=C)C(C)C)CCC. The molecule has 0 spiro atoms. The van der Waals surface area contributed by atoms with Crippen molar-refractivity contribution in [3.8, 4) is 0 Å². The maximum Gasteiger partial charge on any atom is -0.00692 e. The third-order valence-electron chi connectivity index (χ3n) is 2.09. The summed E-state index contributed by atoms with van der Waals surface area (Å²) in [6.07, 6.45) is 6.64. The Bertz CT molecular complexity index is 142. The van der Waals surface area contributed by atoms with Gasteiger partial charge in [0.05, 0.1) is 0 Å². The molecule has 1 radical (unpaired) electrons. The highest BCUT2D eigenvalue weighted by atomic mass is 14.1. The maximum atomic E-state index is 4.02. The fraction of sp³-hybridized carbons (Fsp3) is 0.583. The van der Waals surface area contributed by atoms with Crippen molar-refractivity contribution in [3.63, 3.8) is 0 Å². The molecule has 0 N–H and O–H groups in total. The molecule has 69 valence electrons. The zero-order chi connectivity index (χ0) is 9.56. The largest absolute Gasteiger partial charge is 0.103 e. The van der Waals surface area contributed by atoms with E-state index < -0.39 is 0 Å². The Kier molecular flexibility index (Phi) is 5.79. The zero-order valence-corrected chi connectivity index (χ0v) is 8.64. The van der Waals surface area contributed by atoms with Crippen molar-refractivity contribution in [2.45, 2.75) is 33.6 Å². The predicted molar refractivity (Wildman–Crippen MR) is 56.9 cm³/mol. The summed E-state index contributed by atoms with van der Waals surface area (Å²) in [7, 11) is 0. The Hall–Kier alpha value is -0.520. The van der Waals surface area contributed by atoms with Gasteiger partial charge in [0.25, 0.3) is 0 Å². The van der Waals surface area contributed by atoms with Gasteiger partial charge in [-0.1, -0.05) is 45.4 Å². The van der Waals surface area contributed by atoms with Gasteiger partial charge in [-0.05, 0) is 24.7 Å². The molecule has 0 rings (SSSR count). The van der Waals surface area contributed by atoms with Gasteiger partial charge in [0.1, 0.15) is 0 Å². The fourth-order valence-electron chi connectivity index (χ4n) is 1.07. The van der Waals surface area contributed by atoms with Crippen LogP contribution in [0, 0.1) is 18.3 Å². The summed E-state index contributed by atoms with van der Waals surface area (Å²) in [6.45, 7) is 14.4. The Balaban J connectivity index is 3.85. The highest BCUT2D eigenvalue weighted by Gasteiger charge is 2.07. The molecule has 0 aromatic heterocycles. The lowest BCUT2D eigenvalue weighted by molar-refractivity contribution is 0.634. The molecule has 0 aliphatic heterocycles. The molecular formula is C12H21. The molecule has 12 heavy (non-hydrogen) atoms. The van der Waals surface area contributed by atoms with Crippen molar-refractivity contribution < 1.29 is 0 Å². The second-order valence-corrected chi connectivity index (χ2v) is 3.58. The van der Waals surface area contributed by atoms with Gasteiger partial charge in [0, 0.05) is 0 Å². The van der Waals surface area contributed by atoms with E-state index >= 15 is 0 Å². The normalized spacial score (nSPS) is 13.0. The lowest BCUT2D eigenvalue weighted by atomic mass is 9.91. The van der Waals surface area contributed by atoms with Crippen molar-refractivity contribution >= 4 is 0 Å². The highest BCUT2D eigenvalue weighted by Crippen LogP contribution is 2.20. The van der Waals surface area contributed by atoms with Crippen LogP contribution < -0.4 is 0 Å². The minimum absolute atomic E-state index is 0.518. The summed E-state index contributed by atoms with van der Waals surface area (Å²) in [5.41, 5.74) is 1.23. The van der Waals surface area contributed by atoms with E-state index in [1.54, 1.807) is 0 Å². The van der Waals surface area contributed by atoms with Crippen LogP contribution in [0.15, 0.2) is 24.8 Å². The van der Waals surface area contributed by atoms with Crippen LogP contribution in [-0.2, 0) is 0 Å². The molecule has 1 atom stereocenters. The molecule has 0 aromatic carbocycles. The number of hydrogen-bond donors (Lipinski definition) is 0. The number of allylic oxidation sites excluding steroid dienone is 2. The molecule has 1 unspecified atom stereocenters. The minimum Gasteiger partial charge on any atom is -0.103 e. The Morgan fingerprint density at radius 3 is 2.33 bits per heavy atom. The van der Waals surface area contributed by atoms with E-state index in [-0.39, 0.29) is 0 Å². The Morgan fingerprint density at radius 2 is 2.00 bits per heavy atom. The van der Waals surface area contributed by atoms with Crippen LogP contribution in [0.4, 0.5) is 0 Å². The van der Waals surface area contributed by atoms with Crippen molar-refractivity contribution in [1.82, 2.24) is 0 Å². The minimum atomic E-state index is 0.518. The molecule has 0 heteroatoms. The first-order valence-electron chi connectivity index (χ1n) is 4.78. The highest BCUT2D eigenvalue weighted by molar-refractivity contribution is 5.15. The summed E-state index contributed by atoms with van der Waals surface area (Å²) >= 11 is 0. The monoisotopic (exact) mass is 165 g/mol. The molecule has 0 fully saturated rings. The molecule has 0 aliphatic carbocycles. The van der Waals surface area contributed by atoms with Crippen LogP contribution in [-0.4, -0.2) is 0 Å². The van der Waals surface area contributed by atoms with Gasteiger partial charge < -0.3 is 0 Å². The third-order valence-corrected chi connectivity index (χ3v) is 2.09. The molecule has 0 saturated carbocycles. The van der Waals surface area contributed by atoms with Crippen LogP contribution in [0.3, 0.4) is 0 Å². The molecule has 0 saturated heterocycles. The van der Waals surface area contributed by atoms with Gasteiger partial charge in [-0.3, -0.25) is 0 Å². The van der Waals surface area contributed by atoms with Crippen molar-refractivity contribution in [2.75, 3.05) is 0 Å². The van der Waals surface area contributed by atoms with Crippen molar-refractivity contribution in [2.24, 2.45) is 11.8 Å². The summed E-state index contributed by atoms with van der Waals surface area (Å²) in [5, 5.41) is 0. The van der Waals surface area contributed by atoms with E-state index in [1.807, 2.05) is 6.08 Å². The summed E-state index contributed by atoms with van der Waals surface area (Å²) in [5.74, 6) is 1.08. The lowest BCUT2D eigenvalue weighted by Crippen LogP contribution is -2.02. The molecule has 0 amide bonds. The third kappa shape index (κ3) is 4.38. The van der Waals surface area contributed by atoms with Gasteiger partial charge in [-0.15, -0.1) is 6.58 Å². The molecular weight excluding hydrogens is 144 g/mol. The number of rotatable bonds is 6. The molecule has 0 aliphatic rings. The molecule has 0 bridgehead atoms. The first-order valence-corrected chi connectivity index (χ1v) is 4.78. The zero-order valence-electron chi connectivity index (χ0n) is 8.64. The Labute approximate surface area is 77.4 Å². The van der Waals surface area contributed by atoms with Crippen LogP contribution in [0.1, 0.15) is 33.6 Å². The smallest absolute Gasteiger partial charge is 0.00692 e. The van der Waals surface area contributed by atoms with Crippen LogP contribution in [0.25, 0.3) is 0 Å². The molecule has 0 aromatic rings. The second kappa shape index (κ2) is 6.05. The molecule has 0 heterocycles. The molecule has 0 nitrogen and oxygen atoms in total. The van der Waals surface area contributed by atoms with Crippen LogP contribution in [0.5, 0.6) is 0 Å². The van der Waals surface area contributed by atoms with Crippen LogP contribution in [0.2, 0.25) is 0 Å². The summed E-state index contributed by atoms with van der Waals surface area (Å²) in [6, 6.07) is 0. The number of hydrogen-bond acceptors (Lipinski definition) is 0. The van der Waals surface area contributed by atoms with Crippen molar-refractivity contribution in [3.05, 3.63) is 31.2 Å². The fourth-order valence-corrected chi connectivity index (χ4v) is 1.07. The first-order chi connectivity index (χ1) is 5.61. The quantitative estimate of drug-likeness (QED) is 0.522. The van der Waals surface area contributed by atoms with E-state index in [2.05, 4.69) is 40.3 Å². The van der Waals surface area contributed by atoms with E-state index in [1.165, 1.54) is 18.4 Å². The van der Waals surface area contributed by atoms with Gasteiger partial charge >= 0.3 is 0 Å². The standard InChI is InChI=1S/C12H21/c1-6-8-12(7-2)9-11(5)10(3)4/h7,9-10,12H,2,5-6,8H2,1,3-4H3. The van der Waals surface area contributed by atoms with E-state index in [4.69, 9.17) is 0 Å². The first kappa shape index (κ1) is 11.5. The Morgan fingerprint density at radius 1 is 1.42 bits per heavy atom. The van der Waals surface area contributed by atoms with E-state index in [0.717, 1.165) is 0 Å². The van der Waals surface area contributed by atoms with Crippen LogP contribution >= 0.6 is 0 Å². The maximum absolute atomic E-state index is 4.02. The van der Waals surface area contributed by atoms with Gasteiger partial charge in [-0.25, -0.2) is 0 Å². The van der Waals surface area contributed by atoms with Gasteiger partial charge in [0.15, 0.2) is 0 Å². The average Bonchev–Trinajstić information content (AvgIpc) is 2.03. The average molecular weight is 165 g/mol. The van der Waals surface area contributed by atoms with Gasteiger partial charge in [0.2, 0.25) is 0 Å². The van der Waals surface area contributed by atoms with Gasteiger partial charge in [-0.2, -0.15) is 0 Å². The van der Waals surface area contributed by atoms with E-state index in [0.29, 0.717) is 11.8 Å².